The van der Waals surface area contributed by atoms with Crippen LogP contribution in [0.4, 0.5) is 15.8 Å². The number of carbonyl (C=O) groups is 1. The van der Waals surface area contributed by atoms with Crippen LogP contribution >= 0.6 is 35.5 Å². The van der Waals surface area contributed by atoms with Crippen molar-refractivity contribution < 1.29 is 13.9 Å². The molecule has 0 saturated carbocycles. The molecule has 0 radical (unpaired) electrons. The molecule has 0 spiro atoms. The molecule has 0 saturated heterocycles. The number of allylic oxidation sites excluding steroid dienone is 2. The van der Waals surface area contributed by atoms with Crippen LogP contribution in [0.5, 0.6) is 5.75 Å². The molecule has 170 valence electrons. The summed E-state index contributed by atoms with van der Waals surface area (Å²) in [5.74, 6) is -0.412. The Balaban J connectivity index is 2.01. The van der Waals surface area contributed by atoms with Crippen molar-refractivity contribution in [1.29, 1.82) is 0 Å². The third kappa shape index (κ3) is 6.34. The highest BCUT2D eigenvalue weighted by Crippen LogP contribution is 2.45. The SMILES string of the molecule is CS/C=C/CCC1CN(c2ccccc2)c2cc(SC)c(O/C=C(\F)C=O)cc2SN1C. The molecular formula is C24H27FN2O2S3. The van der Waals surface area contributed by atoms with Crippen LogP contribution < -0.4 is 9.64 Å². The molecule has 32 heavy (non-hydrogen) atoms. The van der Waals surface area contributed by atoms with E-state index in [9.17, 15) is 9.18 Å². The van der Waals surface area contributed by atoms with E-state index < -0.39 is 5.83 Å². The highest BCUT2D eigenvalue weighted by Gasteiger charge is 2.28. The van der Waals surface area contributed by atoms with E-state index >= 15 is 0 Å². The fourth-order valence-electron chi connectivity index (χ4n) is 3.45. The van der Waals surface area contributed by atoms with Crippen molar-refractivity contribution >= 4 is 53.1 Å². The third-order valence-electron chi connectivity index (χ3n) is 5.06. The Labute approximate surface area is 202 Å². The summed E-state index contributed by atoms with van der Waals surface area (Å²) in [5, 5.41) is 2.13. The zero-order chi connectivity index (χ0) is 22.9. The highest BCUT2D eigenvalue weighted by atomic mass is 32.2. The van der Waals surface area contributed by atoms with Crippen LogP contribution in [0.15, 0.2) is 75.8 Å². The minimum absolute atomic E-state index is 0.137. The number of hydrogen-bond donors (Lipinski definition) is 0. The van der Waals surface area contributed by atoms with E-state index in [1.54, 1.807) is 23.7 Å². The quantitative estimate of drug-likeness (QED) is 0.124. The molecule has 0 aromatic heterocycles. The maximum absolute atomic E-state index is 13.4. The lowest BCUT2D eigenvalue weighted by molar-refractivity contribution is -0.106. The second-order valence-corrected chi connectivity index (χ2v) is 9.92. The number of thioether (sulfide) groups is 2. The molecule has 1 atom stereocenters. The van der Waals surface area contributed by atoms with Gasteiger partial charge in [0.15, 0.2) is 12.1 Å². The number of fused-ring (bicyclic) bond motifs is 1. The number of hydrogen-bond acceptors (Lipinski definition) is 7. The van der Waals surface area contributed by atoms with Crippen molar-refractivity contribution in [2.75, 3.05) is 31.0 Å². The number of anilines is 2. The number of aldehydes is 1. The van der Waals surface area contributed by atoms with Gasteiger partial charge in [-0.2, -0.15) is 4.39 Å². The first-order valence-electron chi connectivity index (χ1n) is 10.2. The second kappa shape index (κ2) is 12.4. The van der Waals surface area contributed by atoms with E-state index in [-0.39, 0.29) is 6.29 Å². The summed E-state index contributed by atoms with van der Waals surface area (Å²) in [5.41, 5.74) is 2.22. The van der Waals surface area contributed by atoms with Crippen molar-refractivity contribution in [3.8, 4) is 5.75 Å². The molecule has 1 aliphatic rings. The Morgan fingerprint density at radius 1 is 1.28 bits per heavy atom. The van der Waals surface area contributed by atoms with Gasteiger partial charge in [-0.25, -0.2) is 4.31 Å². The molecule has 3 rings (SSSR count). The zero-order valence-electron chi connectivity index (χ0n) is 18.4. The van der Waals surface area contributed by atoms with Gasteiger partial charge in [-0.1, -0.05) is 24.3 Å². The van der Waals surface area contributed by atoms with Gasteiger partial charge in [0.1, 0.15) is 12.0 Å². The van der Waals surface area contributed by atoms with Gasteiger partial charge >= 0.3 is 0 Å². The van der Waals surface area contributed by atoms with Gasteiger partial charge in [0.05, 0.1) is 15.5 Å². The molecule has 8 heteroatoms. The van der Waals surface area contributed by atoms with Gasteiger partial charge < -0.3 is 9.64 Å². The van der Waals surface area contributed by atoms with Gasteiger partial charge in [-0.15, -0.1) is 23.5 Å². The van der Waals surface area contributed by atoms with E-state index in [0.29, 0.717) is 11.8 Å². The largest absolute Gasteiger partial charge is 0.461 e. The number of likely N-dealkylation sites (N-methyl/N-ethyl adjacent to an activating group) is 1. The van der Waals surface area contributed by atoms with Crippen molar-refractivity contribution in [2.24, 2.45) is 0 Å². The maximum atomic E-state index is 13.4. The van der Waals surface area contributed by atoms with E-state index in [0.717, 1.165) is 46.8 Å². The lowest BCUT2D eigenvalue weighted by atomic mass is 10.1. The molecule has 0 fully saturated rings. The van der Waals surface area contributed by atoms with Crippen molar-refractivity contribution in [2.45, 2.75) is 28.7 Å². The van der Waals surface area contributed by atoms with Gasteiger partial charge in [-0.3, -0.25) is 4.79 Å². The predicted octanol–water partition coefficient (Wildman–Crippen LogP) is 6.91. The van der Waals surface area contributed by atoms with Crippen LogP contribution in [0.1, 0.15) is 12.8 Å². The van der Waals surface area contributed by atoms with Crippen LogP contribution in [0.2, 0.25) is 0 Å². The predicted molar refractivity (Wildman–Crippen MR) is 137 cm³/mol. The lowest BCUT2D eigenvalue weighted by Gasteiger charge is -2.30. The van der Waals surface area contributed by atoms with Gasteiger partial charge in [0.2, 0.25) is 0 Å². The summed E-state index contributed by atoms with van der Waals surface area (Å²) in [6.07, 6.45) is 9.28. The summed E-state index contributed by atoms with van der Waals surface area (Å²) in [6, 6.07) is 14.7. The molecule has 0 bridgehead atoms. The first kappa shape index (κ1) is 24.8. The van der Waals surface area contributed by atoms with E-state index in [2.05, 4.69) is 52.2 Å². The van der Waals surface area contributed by atoms with Gasteiger partial charge in [0, 0.05) is 18.3 Å². The Bertz CT molecular complexity index is 969. The summed E-state index contributed by atoms with van der Waals surface area (Å²) in [6.45, 7) is 0.849. The van der Waals surface area contributed by atoms with E-state index in [1.165, 1.54) is 11.8 Å². The smallest absolute Gasteiger partial charge is 0.197 e. The molecular weight excluding hydrogens is 463 g/mol. The summed E-state index contributed by atoms with van der Waals surface area (Å²) >= 11 is 4.91. The minimum Gasteiger partial charge on any atom is -0.461 e. The fourth-order valence-corrected chi connectivity index (χ4v) is 5.37. The molecule has 1 unspecified atom stereocenters. The van der Waals surface area contributed by atoms with E-state index in [4.69, 9.17) is 4.74 Å². The zero-order valence-corrected chi connectivity index (χ0v) is 20.8. The molecule has 0 aliphatic carbocycles. The monoisotopic (exact) mass is 490 g/mol. The van der Waals surface area contributed by atoms with Crippen molar-refractivity contribution in [3.05, 3.63) is 66.0 Å². The van der Waals surface area contributed by atoms with Gasteiger partial charge in [-0.05, 0) is 74.0 Å². The number of ether oxygens (including phenoxy) is 1. The average molecular weight is 491 g/mol. The third-order valence-corrected chi connectivity index (χ3v) is 7.40. The second-order valence-electron chi connectivity index (χ2n) is 7.13. The van der Waals surface area contributed by atoms with Crippen molar-refractivity contribution in [1.82, 2.24) is 4.31 Å². The van der Waals surface area contributed by atoms with Crippen molar-refractivity contribution in [3.63, 3.8) is 0 Å². The topological polar surface area (TPSA) is 32.8 Å². The summed E-state index contributed by atoms with van der Waals surface area (Å²) in [7, 11) is 2.11. The Morgan fingerprint density at radius 2 is 2.06 bits per heavy atom. The molecule has 1 aliphatic heterocycles. The van der Waals surface area contributed by atoms with Crippen LogP contribution in [-0.4, -0.2) is 42.7 Å². The van der Waals surface area contributed by atoms with E-state index in [1.807, 2.05) is 30.5 Å². The Kier molecular flexibility index (Phi) is 9.59. The number of para-hydroxylation sites is 1. The molecule has 2 aromatic carbocycles. The van der Waals surface area contributed by atoms with Crippen LogP contribution in [0, 0.1) is 0 Å². The molecule has 4 nitrogen and oxygen atoms in total. The first-order valence-corrected chi connectivity index (χ1v) is 13.5. The number of nitrogens with zero attached hydrogens (tertiary/aromatic N) is 2. The van der Waals surface area contributed by atoms with Crippen LogP contribution in [-0.2, 0) is 4.79 Å². The molecule has 2 aromatic rings. The normalized spacial score (nSPS) is 17.3. The first-order chi connectivity index (χ1) is 15.6. The molecule has 0 amide bonds. The number of rotatable bonds is 9. The minimum atomic E-state index is -0.943. The van der Waals surface area contributed by atoms with Crippen LogP contribution in [0.3, 0.4) is 0 Å². The summed E-state index contributed by atoms with van der Waals surface area (Å²) < 4.78 is 21.2. The standard InChI is InChI=1S/C24H27FN2O2S3/c1-26-20(11-7-8-12-30-2)15-27(19-9-5-4-6-10-19)21-13-24(31-3)22(14-23(21)32-26)29-17-18(25)16-28/h4-6,8-10,12-14,16-17,20H,7,11,15H2,1-3H3/b12-8+,18-17-. The average Bonchev–Trinajstić information content (AvgIpc) is 2.95. The Hall–Kier alpha value is -1.87. The summed E-state index contributed by atoms with van der Waals surface area (Å²) in [4.78, 5) is 14.9. The lowest BCUT2D eigenvalue weighted by Crippen LogP contribution is -2.35. The molecule has 0 N–H and O–H groups in total. The van der Waals surface area contributed by atoms with Crippen LogP contribution in [0.25, 0.3) is 0 Å². The fraction of sp³-hybridized carbons (Fsp3) is 0.292. The number of benzene rings is 2. The maximum Gasteiger partial charge on any atom is 0.197 e. The van der Waals surface area contributed by atoms with Gasteiger partial charge in [0.25, 0.3) is 0 Å². The Morgan fingerprint density at radius 3 is 2.75 bits per heavy atom. The highest BCUT2D eigenvalue weighted by molar-refractivity contribution is 8.01. The number of carbonyl (C=O) groups excluding carboxylic acids is 1. The number of halogens is 1. The molecule has 1 heterocycles.